The fraction of sp³-hybridized carbons (Fsp3) is 0.318. The maximum absolute atomic E-state index is 12.8. The summed E-state index contributed by atoms with van der Waals surface area (Å²) >= 11 is 12.0. The summed E-state index contributed by atoms with van der Waals surface area (Å²) in [5, 5.41) is 6.43. The Bertz CT molecular complexity index is 1020. The number of nitrogens with one attached hydrogen (secondary N) is 2. The zero-order chi connectivity index (χ0) is 21.3. The van der Waals surface area contributed by atoms with Crippen molar-refractivity contribution in [2.75, 3.05) is 25.0 Å². The molecule has 2 aliphatic rings. The Hall–Kier alpha value is -2.57. The standard InChI is InChI=1S/C22H21Cl2N3O3/c23-18-6-4-14(10-19(18)24)22(30)27-9-1-2-15(12-27)20(28)26-16-5-3-13-7-8-25-21(29)17(13)11-16/h3-6,10-11,15H,1-2,7-9,12H2,(H,25,29)(H,26,28). The number of rotatable bonds is 3. The molecule has 4 rings (SSSR count). The Kier molecular flexibility index (Phi) is 5.97. The molecule has 1 saturated heterocycles. The molecular weight excluding hydrogens is 425 g/mol. The number of hydrogen-bond acceptors (Lipinski definition) is 3. The number of likely N-dealkylation sites (tertiary alicyclic amines) is 1. The summed E-state index contributed by atoms with van der Waals surface area (Å²) < 4.78 is 0. The molecule has 156 valence electrons. The van der Waals surface area contributed by atoms with E-state index in [0.717, 1.165) is 18.4 Å². The topological polar surface area (TPSA) is 78.5 Å². The lowest BCUT2D eigenvalue weighted by Gasteiger charge is -2.32. The minimum Gasteiger partial charge on any atom is -0.352 e. The minimum absolute atomic E-state index is 0.122. The summed E-state index contributed by atoms with van der Waals surface area (Å²) in [6.45, 7) is 1.54. The lowest BCUT2D eigenvalue weighted by Crippen LogP contribution is -2.43. The first kappa shape index (κ1) is 20.7. The van der Waals surface area contributed by atoms with Crippen LogP contribution in [0.4, 0.5) is 5.69 Å². The highest BCUT2D eigenvalue weighted by molar-refractivity contribution is 6.42. The summed E-state index contributed by atoms with van der Waals surface area (Å²) in [6, 6.07) is 10.2. The van der Waals surface area contributed by atoms with Crippen LogP contribution in [-0.2, 0) is 11.2 Å². The van der Waals surface area contributed by atoms with Gasteiger partial charge in [0.2, 0.25) is 5.91 Å². The number of hydrogen-bond donors (Lipinski definition) is 2. The van der Waals surface area contributed by atoms with Crippen LogP contribution in [0.25, 0.3) is 0 Å². The molecule has 2 heterocycles. The van der Waals surface area contributed by atoms with Crippen molar-refractivity contribution < 1.29 is 14.4 Å². The van der Waals surface area contributed by atoms with Gasteiger partial charge in [-0.1, -0.05) is 29.3 Å². The van der Waals surface area contributed by atoms with Crippen molar-refractivity contribution in [3.05, 3.63) is 63.1 Å². The number of halogens is 2. The fourth-order valence-electron chi connectivity index (χ4n) is 3.92. The lowest BCUT2D eigenvalue weighted by atomic mass is 9.95. The van der Waals surface area contributed by atoms with E-state index in [-0.39, 0.29) is 23.6 Å². The number of carbonyl (C=O) groups excluding carboxylic acids is 3. The predicted octanol–water partition coefficient (Wildman–Crippen LogP) is 3.77. The van der Waals surface area contributed by atoms with E-state index in [2.05, 4.69) is 10.6 Å². The quantitative estimate of drug-likeness (QED) is 0.754. The predicted molar refractivity (Wildman–Crippen MR) is 116 cm³/mol. The Labute approximate surface area is 184 Å². The maximum atomic E-state index is 12.8. The third-order valence-electron chi connectivity index (χ3n) is 5.55. The summed E-state index contributed by atoms with van der Waals surface area (Å²) in [6.07, 6.45) is 2.21. The number of anilines is 1. The van der Waals surface area contributed by atoms with Crippen LogP contribution in [0.5, 0.6) is 0 Å². The van der Waals surface area contributed by atoms with Crippen LogP contribution < -0.4 is 10.6 Å². The SMILES string of the molecule is O=C1NCCc2ccc(NC(=O)C3CCCN(C(=O)c4ccc(Cl)c(Cl)c4)C3)cc21. The van der Waals surface area contributed by atoms with Crippen LogP contribution in [0, 0.1) is 5.92 Å². The normalized spacial score (nSPS) is 18.4. The molecular formula is C22H21Cl2N3O3. The summed E-state index contributed by atoms with van der Waals surface area (Å²) in [4.78, 5) is 39.4. The van der Waals surface area contributed by atoms with Crippen molar-refractivity contribution in [1.82, 2.24) is 10.2 Å². The number of fused-ring (bicyclic) bond motifs is 1. The highest BCUT2D eigenvalue weighted by Crippen LogP contribution is 2.26. The lowest BCUT2D eigenvalue weighted by molar-refractivity contribution is -0.121. The van der Waals surface area contributed by atoms with Crippen LogP contribution in [0.15, 0.2) is 36.4 Å². The molecule has 2 N–H and O–H groups in total. The smallest absolute Gasteiger partial charge is 0.253 e. The third-order valence-corrected chi connectivity index (χ3v) is 6.29. The number of piperidine rings is 1. The summed E-state index contributed by atoms with van der Waals surface area (Å²) in [5.41, 5.74) is 2.61. The third kappa shape index (κ3) is 4.30. The van der Waals surface area contributed by atoms with Crippen LogP contribution >= 0.6 is 23.2 Å². The molecule has 0 spiro atoms. The van der Waals surface area contributed by atoms with Crippen molar-refractivity contribution in [3.63, 3.8) is 0 Å². The molecule has 8 heteroatoms. The molecule has 0 aromatic heterocycles. The van der Waals surface area contributed by atoms with E-state index in [1.54, 1.807) is 29.2 Å². The van der Waals surface area contributed by atoms with E-state index in [4.69, 9.17) is 23.2 Å². The summed E-state index contributed by atoms with van der Waals surface area (Å²) in [7, 11) is 0. The van der Waals surface area contributed by atoms with Crippen LogP contribution in [0.1, 0.15) is 39.1 Å². The molecule has 2 aromatic rings. The monoisotopic (exact) mass is 445 g/mol. The van der Waals surface area contributed by atoms with Crippen molar-refractivity contribution >= 4 is 46.6 Å². The van der Waals surface area contributed by atoms with Gasteiger partial charge in [-0.3, -0.25) is 14.4 Å². The second-order valence-corrected chi connectivity index (χ2v) is 8.40. The number of amides is 3. The molecule has 2 aromatic carbocycles. The number of nitrogens with zero attached hydrogens (tertiary/aromatic N) is 1. The molecule has 0 aliphatic carbocycles. The molecule has 2 aliphatic heterocycles. The molecule has 1 unspecified atom stereocenters. The molecule has 1 fully saturated rings. The molecule has 0 saturated carbocycles. The van der Waals surface area contributed by atoms with Gasteiger partial charge in [-0.25, -0.2) is 0 Å². The van der Waals surface area contributed by atoms with E-state index in [1.807, 2.05) is 12.1 Å². The molecule has 1 atom stereocenters. The molecule has 3 amide bonds. The zero-order valence-corrected chi connectivity index (χ0v) is 17.7. The highest BCUT2D eigenvalue weighted by atomic mass is 35.5. The Balaban J connectivity index is 1.43. The molecule has 30 heavy (non-hydrogen) atoms. The zero-order valence-electron chi connectivity index (χ0n) is 16.2. The van der Waals surface area contributed by atoms with Gasteiger partial charge in [-0.2, -0.15) is 0 Å². The molecule has 6 nitrogen and oxygen atoms in total. The van der Waals surface area contributed by atoms with Crippen LogP contribution in [0.3, 0.4) is 0 Å². The van der Waals surface area contributed by atoms with Gasteiger partial charge >= 0.3 is 0 Å². The van der Waals surface area contributed by atoms with E-state index in [9.17, 15) is 14.4 Å². The van der Waals surface area contributed by atoms with Gasteiger partial charge in [0.1, 0.15) is 0 Å². The van der Waals surface area contributed by atoms with E-state index >= 15 is 0 Å². The van der Waals surface area contributed by atoms with Gasteiger partial charge in [0.05, 0.1) is 16.0 Å². The first-order valence-electron chi connectivity index (χ1n) is 9.88. The molecule has 0 radical (unpaired) electrons. The van der Waals surface area contributed by atoms with Crippen molar-refractivity contribution in [2.45, 2.75) is 19.3 Å². The number of benzene rings is 2. The largest absolute Gasteiger partial charge is 0.352 e. The van der Waals surface area contributed by atoms with E-state index in [1.165, 1.54) is 0 Å². The van der Waals surface area contributed by atoms with Crippen LogP contribution in [-0.4, -0.2) is 42.3 Å². The Morgan fingerprint density at radius 3 is 2.73 bits per heavy atom. The average molecular weight is 446 g/mol. The maximum Gasteiger partial charge on any atom is 0.253 e. The first-order chi connectivity index (χ1) is 14.4. The fourth-order valence-corrected chi connectivity index (χ4v) is 4.22. The first-order valence-corrected chi connectivity index (χ1v) is 10.6. The highest BCUT2D eigenvalue weighted by Gasteiger charge is 2.29. The molecule has 0 bridgehead atoms. The number of carbonyl (C=O) groups is 3. The summed E-state index contributed by atoms with van der Waals surface area (Å²) in [5.74, 6) is -0.770. The van der Waals surface area contributed by atoms with Gasteiger partial charge in [-0.15, -0.1) is 0 Å². The van der Waals surface area contributed by atoms with E-state index in [0.29, 0.717) is 52.9 Å². The Morgan fingerprint density at radius 1 is 1.10 bits per heavy atom. The second kappa shape index (κ2) is 8.66. The van der Waals surface area contributed by atoms with Crippen LogP contribution in [0.2, 0.25) is 10.0 Å². The van der Waals surface area contributed by atoms with Gasteiger partial charge < -0.3 is 15.5 Å². The van der Waals surface area contributed by atoms with Crippen molar-refractivity contribution in [3.8, 4) is 0 Å². The minimum atomic E-state index is -0.324. The van der Waals surface area contributed by atoms with E-state index < -0.39 is 0 Å². The van der Waals surface area contributed by atoms with Crippen molar-refractivity contribution in [1.29, 1.82) is 0 Å². The Morgan fingerprint density at radius 2 is 1.93 bits per heavy atom. The second-order valence-electron chi connectivity index (χ2n) is 7.59. The van der Waals surface area contributed by atoms with Gasteiger partial charge in [-0.05, 0) is 55.2 Å². The van der Waals surface area contributed by atoms with Gasteiger partial charge in [0, 0.05) is 36.4 Å². The van der Waals surface area contributed by atoms with Crippen molar-refractivity contribution in [2.24, 2.45) is 5.92 Å². The van der Waals surface area contributed by atoms with Gasteiger partial charge in [0.25, 0.3) is 11.8 Å². The average Bonchev–Trinajstić information content (AvgIpc) is 2.76. The van der Waals surface area contributed by atoms with Gasteiger partial charge in [0.15, 0.2) is 0 Å².